The molecule has 2 aromatic rings. The van der Waals surface area contributed by atoms with Crippen LogP contribution in [-0.4, -0.2) is 18.9 Å². The van der Waals surface area contributed by atoms with Gasteiger partial charge in [0.25, 0.3) is 0 Å². The van der Waals surface area contributed by atoms with Gasteiger partial charge >= 0.3 is 0 Å². The summed E-state index contributed by atoms with van der Waals surface area (Å²) in [6.07, 6.45) is 2.29. The van der Waals surface area contributed by atoms with E-state index in [0.717, 1.165) is 6.42 Å². The van der Waals surface area contributed by atoms with Crippen LogP contribution in [-0.2, 0) is 4.74 Å². The van der Waals surface area contributed by atoms with Crippen molar-refractivity contribution in [2.45, 2.75) is 36.4 Å². The average molecular weight is 279 g/mol. The van der Waals surface area contributed by atoms with E-state index < -0.39 is 0 Å². The van der Waals surface area contributed by atoms with Crippen molar-refractivity contribution in [2.75, 3.05) is 7.11 Å². The molecule has 2 bridgehead atoms. The van der Waals surface area contributed by atoms with E-state index in [4.69, 9.17) is 4.74 Å². The molecule has 1 N–H and O–H groups in total. The maximum absolute atomic E-state index is 6.00. The van der Waals surface area contributed by atoms with Gasteiger partial charge < -0.3 is 4.74 Å². The zero-order valence-corrected chi connectivity index (χ0v) is 12.3. The van der Waals surface area contributed by atoms with Crippen molar-refractivity contribution < 1.29 is 4.74 Å². The van der Waals surface area contributed by atoms with Crippen LogP contribution in [0.1, 0.15) is 35.8 Å². The topological polar surface area (TPSA) is 21.3 Å². The van der Waals surface area contributed by atoms with E-state index in [1.807, 2.05) is 7.11 Å². The number of benzene rings is 2. The van der Waals surface area contributed by atoms with Crippen molar-refractivity contribution in [1.82, 2.24) is 5.32 Å². The van der Waals surface area contributed by atoms with Gasteiger partial charge in [-0.05, 0) is 24.0 Å². The Kier molecular flexibility index (Phi) is 3.09. The highest BCUT2D eigenvalue weighted by Gasteiger charge is 2.58. The molecule has 2 heterocycles. The molecule has 2 saturated heterocycles. The summed E-state index contributed by atoms with van der Waals surface area (Å²) in [5.74, 6) is 0.868. The van der Waals surface area contributed by atoms with Crippen LogP contribution in [0.25, 0.3) is 0 Å². The van der Waals surface area contributed by atoms with Crippen molar-refractivity contribution in [1.29, 1.82) is 0 Å². The summed E-state index contributed by atoms with van der Waals surface area (Å²) in [5.41, 5.74) is 2.59. The highest BCUT2D eigenvalue weighted by atomic mass is 16.5. The first-order chi connectivity index (χ1) is 10.3. The molecule has 4 atom stereocenters. The monoisotopic (exact) mass is 279 g/mol. The van der Waals surface area contributed by atoms with Gasteiger partial charge in [-0.25, -0.2) is 0 Å². The van der Waals surface area contributed by atoms with E-state index in [-0.39, 0.29) is 5.72 Å². The fourth-order valence-corrected chi connectivity index (χ4v) is 4.39. The summed E-state index contributed by atoms with van der Waals surface area (Å²) in [7, 11) is 1.85. The zero-order valence-electron chi connectivity index (χ0n) is 12.3. The standard InChI is InChI=1S/C19H21NO/c1-21-19-13-12-16(20-19)17(14-8-4-2-5-9-14)18(19)15-10-6-3-7-11-15/h2-11,16-18,20H,12-13H2,1H3/t16-,17-,18-,19-/m0/s1. The molecule has 4 rings (SSSR count). The van der Waals surface area contributed by atoms with Gasteiger partial charge in [0, 0.05) is 25.0 Å². The molecule has 0 spiro atoms. The largest absolute Gasteiger partial charge is 0.363 e. The lowest BCUT2D eigenvalue weighted by atomic mass is 9.70. The van der Waals surface area contributed by atoms with Crippen LogP contribution in [0.4, 0.5) is 0 Å². The van der Waals surface area contributed by atoms with E-state index in [1.54, 1.807) is 0 Å². The second-order valence-electron chi connectivity index (χ2n) is 6.21. The molecule has 0 aliphatic carbocycles. The van der Waals surface area contributed by atoms with Gasteiger partial charge in [-0.15, -0.1) is 0 Å². The molecule has 2 aromatic carbocycles. The fourth-order valence-electron chi connectivity index (χ4n) is 4.39. The summed E-state index contributed by atoms with van der Waals surface area (Å²) in [6, 6.07) is 22.2. The molecule has 2 aliphatic heterocycles. The number of methoxy groups -OCH3 is 1. The third-order valence-corrected chi connectivity index (χ3v) is 5.26. The molecule has 0 unspecified atom stereocenters. The maximum Gasteiger partial charge on any atom is 0.126 e. The minimum Gasteiger partial charge on any atom is -0.363 e. The molecule has 2 heteroatoms. The van der Waals surface area contributed by atoms with Crippen LogP contribution in [0.3, 0.4) is 0 Å². The normalized spacial score (nSPS) is 34.2. The number of nitrogens with one attached hydrogen (secondary N) is 1. The van der Waals surface area contributed by atoms with Crippen LogP contribution < -0.4 is 5.32 Å². The van der Waals surface area contributed by atoms with Gasteiger partial charge in [0.1, 0.15) is 5.72 Å². The molecular formula is C19H21NO. The smallest absolute Gasteiger partial charge is 0.126 e. The van der Waals surface area contributed by atoms with Crippen LogP contribution in [0.2, 0.25) is 0 Å². The molecule has 0 radical (unpaired) electrons. The second-order valence-corrected chi connectivity index (χ2v) is 6.21. The van der Waals surface area contributed by atoms with Crippen molar-refractivity contribution in [3.8, 4) is 0 Å². The fraction of sp³-hybridized carbons (Fsp3) is 0.368. The Morgan fingerprint density at radius 1 is 0.952 bits per heavy atom. The second kappa shape index (κ2) is 4.97. The number of rotatable bonds is 3. The summed E-state index contributed by atoms with van der Waals surface area (Å²) in [4.78, 5) is 0. The molecule has 2 fully saturated rings. The Balaban J connectivity index is 1.82. The van der Waals surface area contributed by atoms with Crippen molar-refractivity contribution in [3.63, 3.8) is 0 Å². The zero-order chi connectivity index (χ0) is 14.3. The van der Waals surface area contributed by atoms with Crippen LogP contribution in [0.15, 0.2) is 60.7 Å². The molecule has 0 saturated carbocycles. The summed E-state index contributed by atoms with van der Waals surface area (Å²) >= 11 is 0. The number of ether oxygens (including phenoxy) is 1. The summed E-state index contributed by atoms with van der Waals surface area (Å²) < 4.78 is 6.00. The van der Waals surface area contributed by atoms with Crippen molar-refractivity contribution in [3.05, 3.63) is 71.8 Å². The Hall–Kier alpha value is -1.64. The highest BCUT2D eigenvalue weighted by Crippen LogP contribution is 2.55. The minimum absolute atomic E-state index is 0.202. The molecule has 21 heavy (non-hydrogen) atoms. The first kappa shape index (κ1) is 13.1. The quantitative estimate of drug-likeness (QED) is 0.925. The minimum atomic E-state index is -0.202. The maximum atomic E-state index is 6.00. The predicted octanol–water partition coefficient (Wildman–Crippen LogP) is 3.66. The lowest BCUT2D eigenvalue weighted by Crippen LogP contribution is -2.43. The van der Waals surface area contributed by atoms with Gasteiger partial charge in [0.05, 0.1) is 0 Å². The van der Waals surface area contributed by atoms with Gasteiger partial charge in [-0.1, -0.05) is 60.7 Å². The highest BCUT2D eigenvalue weighted by molar-refractivity contribution is 5.37. The number of hydrogen-bond donors (Lipinski definition) is 1. The average Bonchev–Trinajstić information content (AvgIpc) is 3.13. The van der Waals surface area contributed by atoms with Gasteiger partial charge in [0.15, 0.2) is 0 Å². The Morgan fingerprint density at radius 2 is 1.57 bits per heavy atom. The first-order valence-corrected chi connectivity index (χ1v) is 7.77. The van der Waals surface area contributed by atoms with Crippen molar-refractivity contribution in [2.24, 2.45) is 0 Å². The molecular weight excluding hydrogens is 258 g/mol. The van der Waals surface area contributed by atoms with E-state index in [0.29, 0.717) is 17.9 Å². The van der Waals surface area contributed by atoms with Crippen LogP contribution >= 0.6 is 0 Å². The number of fused-ring (bicyclic) bond motifs is 2. The van der Waals surface area contributed by atoms with E-state index in [1.165, 1.54) is 17.5 Å². The Labute approximate surface area is 126 Å². The first-order valence-electron chi connectivity index (χ1n) is 7.77. The van der Waals surface area contributed by atoms with E-state index in [9.17, 15) is 0 Å². The third-order valence-electron chi connectivity index (χ3n) is 5.26. The van der Waals surface area contributed by atoms with Gasteiger partial charge in [0.2, 0.25) is 0 Å². The molecule has 0 amide bonds. The SMILES string of the molecule is CO[C@]12CC[C@H](N1)[C@H](c1ccccc1)[C@@H]2c1ccccc1. The van der Waals surface area contributed by atoms with E-state index in [2.05, 4.69) is 66.0 Å². The Morgan fingerprint density at radius 3 is 2.19 bits per heavy atom. The lowest BCUT2D eigenvalue weighted by molar-refractivity contribution is -0.0352. The van der Waals surface area contributed by atoms with Crippen LogP contribution in [0, 0.1) is 0 Å². The van der Waals surface area contributed by atoms with Gasteiger partial charge in [-0.2, -0.15) is 0 Å². The van der Waals surface area contributed by atoms with Gasteiger partial charge in [-0.3, -0.25) is 5.32 Å². The lowest BCUT2D eigenvalue weighted by Gasteiger charge is -2.37. The molecule has 2 aliphatic rings. The predicted molar refractivity (Wildman–Crippen MR) is 84.3 cm³/mol. The summed E-state index contributed by atoms with van der Waals surface area (Å²) in [5, 5.41) is 3.77. The summed E-state index contributed by atoms with van der Waals surface area (Å²) in [6.45, 7) is 0. The molecule has 108 valence electrons. The molecule has 0 aromatic heterocycles. The number of hydrogen-bond acceptors (Lipinski definition) is 2. The third kappa shape index (κ3) is 1.94. The van der Waals surface area contributed by atoms with Crippen molar-refractivity contribution >= 4 is 0 Å². The Bertz CT molecular complexity index is 612. The van der Waals surface area contributed by atoms with E-state index >= 15 is 0 Å². The van der Waals surface area contributed by atoms with Crippen LogP contribution in [0.5, 0.6) is 0 Å². The molecule has 2 nitrogen and oxygen atoms in total.